The molecule has 0 unspecified atom stereocenters. The Balaban J connectivity index is 1.56. The van der Waals surface area contributed by atoms with Gasteiger partial charge in [-0.15, -0.1) is 0 Å². The van der Waals surface area contributed by atoms with Crippen LogP contribution in [0.4, 0.5) is 5.69 Å². The monoisotopic (exact) mass is 375 g/mol. The van der Waals surface area contributed by atoms with Gasteiger partial charge in [-0.25, -0.2) is 13.4 Å². The van der Waals surface area contributed by atoms with Gasteiger partial charge in [0.15, 0.2) is 14.9 Å². The van der Waals surface area contributed by atoms with Crippen LogP contribution in [0.1, 0.15) is 41.3 Å². The van der Waals surface area contributed by atoms with E-state index in [1.807, 2.05) is 6.92 Å². The molecule has 0 spiro atoms. The van der Waals surface area contributed by atoms with Crippen molar-refractivity contribution in [2.45, 2.75) is 43.7 Å². The third kappa shape index (κ3) is 3.38. The van der Waals surface area contributed by atoms with Crippen molar-refractivity contribution in [2.24, 2.45) is 0 Å². The smallest absolute Gasteiger partial charge is 0.192 e. The van der Waals surface area contributed by atoms with Crippen molar-refractivity contribution in [3.8, 4) is 0 Å². The fraction of sp³-hybridized carbons (Fsp3) is 0.526. The van der Waals surface area contributed by atoms with Gasteiger partial charge >= 0.3 is 0 Å². The van der Waals surface area contributed by atoms with Crippen LogP contribution in [0.2, 0.25) is 0 Å². The molecule has 0 amide bonds. The maximum Gasteiger partial charge on any atom is 0.192 e. The van der Waals surface area contributed by atoms with Crippen molar-refractivity contribution < 1.29 is 13.2 Å². The molecule has 0 atom stereocenters. The molecule has 4 rings (SSSR count). The summed E-state index contributed by atoms with van der Waals surface area (Å²) in [5, 5.41) is 0.139. The number of nitrogens with zero attached hydrogens (tertiary/aromatic N) is 2. The van der Waals surface area contributed by atoms with Crippen LogP contribution in [0.3, 0.4) is 0 Å². The largest absolute Gasteiger partial charge is 0.381 e. The summed E-state index contributed by atoms with van der Waals surface area (Å²) in [7, 11) is -3.28. The molecule has 1 fully saturated rings. The minimum atomic E-state index is -3.28. The number of hydrogen-bond acceptors (Lipinski definition) is 5. The maximum absolute atomic E-state index is 11.7. The predicted octanol–water partition coefficient (Wildman–Crippen LogP) is 2.58. The number of rotatable bonds is 3. The lowest BCUT2D eigenvalue weighted by atomic mass is 9.96. The van der Waals surface area contributed by atoms with E-state index in [4.69, 9.17) is 4.74 Å². The Morgan fingerprint density at radius 2 is 2.04 bits per heavy atom. The normalized spacial score (nSPS) is 18.8. The van der Waals surface area contributed by atoms with E-state index >= 15 is 0 Å². The van der Waals surface area contributed by atoms with Crippen LogP contribution in [-0.2, 0) is 27.5 Å². The fourth-order valence-electron chi connectivity index (χ4n) is 3.95. The zero-order valence-corrected chi connectivity index (χ0v) is 16.1. The second-order valence-electron chi connectivity index (χ2n) is 7.37. The lowest BCUT2D eigenvalue weighted by Gasteiger charge is -2.30. The molecule has 0 aromatic carbocycles. The molecule has 2 aliphatic heterocycles. The molecule has 0 aliphatic carbocycles. The molecule has 4 heterocycles. The van der Waals surface area contributed by atoms with Gasteiger partial charge in [0, 0.05) is 56.3 Å². The molecule has 26 heavy (non-hydrogen) atoms. The summed E-state index contributed by atoms with van der Waals surface area (Å²) in [4.78, 5) is 10.1. The van der Waals surface area contributed by atoms with E-state index in [2.05, 4.69) is 20.9 Å². The Kier molecular flexibility index (Phi) is 4.52. The van der Waals surface area contributed by atoms with Crippen molar-refractivity contribution in [1.82, 2.24) is 9.97 Å². The van der Waals surface area contributed by atoms with Gasteiger partial charge in [-0.2, -0.15) is 0 Å². The average Bonchev–Trinajstić information content (AvgIpc) is 3.05. The first-order valence-electron chi connectivity index (χ1n) is 9.12. The maximum atomic E-state index is 11.7. The van der Waals surface area contributed by atoms with Crippen LogP contribution in [0.15, 0.2) is 23.4 Å². The molecule has 1 saturated heterocycles. The van der Waals surface area contributed by atoms with Crippen LogP contribution in [-0.4, -0.2) is 44.4 Å². The van der Waals surface area contributed by atoms with Crippen molar-refractivity contribution in [1.29, 1.82) is 0 Å². The molecule has 140 valence electrons. The van der Waals surface area contributed by atoms with Crippen molar-refractivity contribution in [2.75, 3.05) is 30.9 Å². The fourth-order valence-corrected chi connectivity index (χ4v) is 4.59. The van der Waals surface area contributed by atoms with Gasteiger partial charge in [-0.05, 0) is 43.0 Å². The highest BCUT2D eigenvalue weighted by molar-refractivity contribution is 7.90. The second-order valence-corrected chi connectivity index (χ2v) is 9.33. The average molecular weight is 375 g/mol. The van der Waals surface area contributed by atoms with E-state index in [1.165, 1.54) is 23.2 Å². The van der Waals surface area contributed by atoms with E-state index in [0.29, 0.717) is 5.92 Å². The summed E-state index contributed by atoms with van der Waals surface area (Å²) in [6, 6.07) is 3.98. The number of fused-ring (bicyclic) bond motifs is 1. The second kappa shape index (κ2) is 6.70. The van der Waals surface area contributed by atoms with Crippen LogP contribution in [0.5, 0.6) is 0 Å². The first-order chi connectivity index (χ1) is 12.4. The molecule has 2 aliphatic rings. The molecule has 1 N–H and O–H groups in total. The van der Waals surface area contributed by atoms with Gasteiger partial charge in [0.2, 0.25) is 0 Å². The van der Waals surface area contributed by atoms with Gasteiger partial charge in [0.25, 0.3) is 0 Å². The predicted molar refractivity (Wildman–Crippen MR) is 100 cm³/mol. The quantitative estimate of drug-likeness (QED) is 0.892. The van der Waals surface area contributed by atoms with Crippen molar-refractivity contribution in [3.63, 3.8) is 0 Å². The van der Waals surface area contributed by atoms with E-state index in [9.17, 15) is 8.42 Å². The van der Waals surface area contributed by atoms with E-state index < -0.39 is 9.84 Å². The minimum Gasteiger partial charge on any atom is -0.381 e. The summed E-state index contributed by atoms with van der Waals surface area (Å²) >= 11 is 0. The highest BCUT2D eigenvalue weighted by Crippen LogP contribution is 2.32. The number of nitrogens with one attached hydrogen (secondary N) is 1. The Bertz CT molecular complexity index is 914. The number of H-pyrrole nitrogens is 1. The summed E-state index contributed by atoms with van der Waals surface area (Å²) in [6.07, 6.45) is 6.02. The summed E-state index contributed by atoms with van der Waals surface area (Å²) in [5.41, 5.74) is 5.97. The minimum absolute atomic E-state index is 0.139. The molecular formula is C19H25N3O3S. The van der Waals surface area contributed by atoms with Crippen LogP contribution in [0, 0.1) is 6.92 Å². The molecule has 6 nitrogen and oxygen atoms in total. The number of aryl methyl sites for hydroxylation is 1. The van der Waals surface area contributed by atoms with Crippen molar-refractivity contribution >= 4 is 15.5 Å². The molecule has 0 bridgehead atoms. The van der Waals surface area contributed by atoms with Crippen molar-refractivity contribution in [3.05, 3.63) is 40.8 Å². The summed E-state index contributed by atoms with van der Waals surface area (Å²) in [6.45, 7) is 5.37. The van der Waals surface area contributed by atoms with E-state index in [1.54, 1.807) is 12.3 Å². The topological polar surface area (TPSA) is 75.3 Å². The number of aromatic nitrogens is 2. The lowest BCUT2D eigenvalue weighted by molar-refractivity contribution is 0.0846. The molecule has 7 heteroatoms. The van der Waals surface area contributed by atoms with Gasteiger partial charge < -0.3 is 14.6 Å². The summed E-state index contributed by atoms with van der Waals surface area (Å²) in [5.74, 6) is 0.570. The van der Waals surface area contributed by atoms with Gasteiger partial charge in [0.1, 0.15) is 0 Å². The van der Waals surface area contributed by atoms with Crippen LogP contribution in [0.25, 0.3) is 0 Å². The van der Waals surface area contributed by atoms with Gasteiger partial charge in [-0.3, -0.25) is 0 Å². The Morgan fingerprint density at radius 1 is 1.27 bits per heavy atom. The Morgan fingerprint density at radius 3 is 2.73 bits per heavy atom. The molecule has 0 saturated carbocycles. The molecule has 0 radical (unpaired) electrons. The van der Waals surface area contributed by atoms with Gasteiger partial charge in [0.05, 0.1) is 11.9 Å². The number of ether oxygens (including phenoxy) is 1. The zero-order valence-electron chi connectivity index (χ0n) is 15.3. The Labute approximate surface area is 154 Å². The number of anilines is 1. The Hall–Kier alpha value is -1.86. The molecular weight excluding hydrogens is 350 g/mol. The number of pyridine rings is 1. The summed E-state index contributed by atoms with van der Waals surface area (Å²) < 4.78 is 28.9. The highest BCUT2D eigenvalue weighted by Gasteiger charge is 2.24. The lowest BCUT2D eigenvalue weighted by Crippen LogP contribution is -2.30. The van der Waals surface area contributed by atoms with E-state index in [-0.39, 0.29) is 5.03 Å². The third-order valence-electron chi connectivity index (χ3n) is 5.45. The standard InChI is InChI=1S/C19H25N3O3S/c1-13-9-19(26(2,23)24)20-11-18(13)22-6-3-16-15(12-22)10-17(21-16)14-4-7-25-8-5-14/h9-11,14,21H,3-8,12H2,1-2H3. The number of sulfone groups is 1. The number of aromatic amines is 1. The third-order valence-corrected chi connectivity index (χ3v) is 6.43. The van der Waals surface area contributed by atoms with Crippen LogP contribution >= 0.6 is 0 Å². The van der Waals surface area contributed by atoms with Crippen LogP contribution < -0.4 is 4.90 Å². The highest BCUT2D eigenvalue weighted by atomic mass is 32.2. The molecule has 2 aromatic heterocycles. The first kappa shape index (κ1) is 17.5. The number of hydrogen-bond donors (Lipinski definition) is 1. The molecule has 2 aromatic rings. The zero-order chi connectivity index (χ0) is 18.3. The SMILES string of the molecule is Cc1cc(S(C)(=O)=O)ncc1N1CCc2[nH]c(C3CCOCC3)cc2C1. The van der Waals surface area contributed by atoms with Gasteiger partial charge in [-0.1, -0.05) is 0 Å². The van der Waals surface area contributed by atoms with E-state index in [0.717, 1.165) is 56.8 Å². The first-order valence-corrected chi connectivity index (χ1v) is 11.0.